The van der Waals surface area contributed by atoms with Crippen LogP contribution in [0.4, 0.5) is 0 Å². The molecular weight excluding hydrogens is 406 g/mol. The number of hydrogen-bond acceptors (Lipinski definition) is 6. The summed E-state index contributed by atoms with van der Waals surface area (Å²) in [5, 5.41) is 1.21. The SMILES string of the molecule is CC(C)C1Cc2c(sc3nc(SCC(N)=O)n(Cc4ccccc4)c(=O)c23)CO1. The van der Waals surface area contributed by atoms with Gasteiger partial charge in [-0.15, -0.1) is 11.3 Å². The zero-order chi connectivity index (χ0) is 20.5. The number of aromatic nitrogens is 2. The van der Waals surface area contributed by atoms with Gasteiger partial charge < -0.3 is 10.5 Å². The van der Waals surface area contributed by atoms with Crippen LogP contribution in [0.5, 0.6) is 0 Å². The van der Waals surface area contributed by atoms with Crippen LogP contribution in [0.15, 0.2) is 40.3 Å². The Morgan fingerprint density at radius 3 is 2.83 bits per heavy atom. The maximum absolute atomic E-state index is 13.6. The fraction of sp³-hybridized carbons (Fsp3) is 0.381. The number of primary amides is 1. The van der Waals surface area contributed by atoms with Crippen molar-refractivity contribution in [2.75, 3.05) is 5.75 Å². The quantitative estimate of drug-likeness (QED) is 0.480. The minimum atomic E-state index is -0.436. The summed E-state index contributed by atoms with van der Waals surface area (Å²) in [5.41, 5.74) is 7.34. The molecule has 2 aromatic heterocycles. The van der Waals surface area contributed by atoms with Crippen LogP contribution < -0.4 is 11.3 Å². The van der Waals surface area contributed by atoms with Crippen LogP contribution >= 0.6 is 23.1 Å². The Hall–Kier alpha value is -2.16. The minimum Gasteiger partial charge on any atom is -0.372 e. The Balaban J connectivity index is 1.84. The van der Waals surface area contributed by atoms with E-state index >= 15 is 0 Å². The van der Waals surface area contributed by atoms with Gasteiger partial charge in [-0.3, -0.25) is 14.2 Å². The molecule has 0 aliphatic carbocycles. The number of thioether (sulfide) groups is 1. The van der Waals surface area contributed by atoms with Gasteiger partial charge in [0.05, 0.1) is 30.4 Å². The van der Waals surface area contributed by atoms with E-state index in [0.717, 1.165) is 22.4 Å². The second-order valence-corrected chi connectivity index (χ2v) is 9.53. The maximum atomic E-state index is 13.6. The second-order valence-electron chi connectivity index (χ2n) is 7.51. The highest BCUT2D eigenvalue weighted by atomic mass is 32.2. The molecule has 8 heteroatoms. The van der Waals surface area contributed by atoms with Gasteiger partial charge in [0.1, 0.15) is 4.83 Å². The number of nitrogens with two attached hydrogens (primary N) is 1. The van der Waals surface area contributed by atoms with E-state index in [9.17, 15) is 9.59 Å². The highest BCUT2D eigenvalue weighted by molar-refractivity contribution is 7.99. The zero-order valence-corrected chi connectivity index (χ0v) is 18.0. The lowest BCUT2D eigenvalue weighted by Gasteiger charge is -2.26. The molecule has 2 N–H and O–H groups in total. The molecule has 1 aliphatic heterocycles. The fourth-order valence-electron chi connectivity index (χ4n) is 3.52. The summed E-state index contributed by atoms with van der Waals surface area (Å²) in [5.74, 6) is 0.0216. The summed E-state index contributed by atoms with van der Waals surface area (Å²) in [6.45, 7) is 5.18. The van der Waals surface area contributed by atoms with Crippen LogP contribution in [0.1, 0.15) is 29.9 Å². The van der Waals surface area contributed by atoms with Crippen molar-refractivity contribution in [3.8, 4) is 0 Å². The third-order valence-corrected chi connectivity index (χ3v) is 7.16. The van der Waals surface area contributed by atoms with Crippen LogP contribution in [0.25, 0.3) is 10.2 Å². The van der Waals surface area contributed by atoms with Crippen molar-refractivity contribution in [1.82, 2.24) is 9.55 Å². The van der Waals surface area contributed by atoms with Gasteiger partial charge in [-0.05, 0) is 17.0 Å². The smallest absolute Gasteiger partial charge is 0.263 e. The lowest BCUT2D eigenvalue weighted by atomic mass is 9.96. The minimum absolute atomic E-state index is 0.0623. The maximum Gasteiger partial charge on any atom is 0.263 e. The molecule has 0 saturated carbocycles. The molecule has 1 aromatic carbocycles. The monoisotopic (exact) mass is 429 g/mol. The number of rotatable bonds is 6. The summed E-state index contributed by atoms with van der Waals surface area (Å²) < 4.78 is 7.64. The third-order valence-electron chi connectivity index (χ3n) is 5.06. The topological polar surface area (TPSA) is 87.2 Å². The number of ether oxygens (including phenoxy) is 1. The average molecular weight is 430 g/mol. The lowest BCUT2D eigenvalue weighted by molar-refractivity contribution is -0.115. The standard InChI is InChI=1S/C21H23N3O3S2/c1-12(2)15-8-14-16(10-27-15)29-19-18(14)20(26)24(9-13-6-4-3-5-7-13)21(23-19)28-11-17(22)25/h3-7,12,15H,8-11H2,1-2H3,(H2,22,25). The molecule has 1 aliphatic rings. The van der Waals surface area contributed by atoms with Gasteiger partial charge in [-0.1, -0.05) is 55.9 Å². The molecule has 152 valence electrons. The largest absolute Gasteiger partial charge is 0.372 e. The molecule has 1 amide bonds. The van der Waals surface area contributed by atoms with E-state index in [2.05, 4.69) is 13.8 Å². The van der Waals surface area contributed by atoms with Crippen LogP contribution in [0, 0.1) is 5.92 Å². The molecule has 4 rings (SSSR count). The summed E-state index contributed by atoms with van der Waals surface area (Å²) in [4.78, 5) is 31.4. The predicted octanol–water partition coefficient (Wildman–Crippen LogP) is 3.18. The normalized spacial score (nSPS) is 16.3. The van der Waals surface area contributed by atoms with Crippen molar-refractivity contribution in [3.05, 3.63) is 56.7 Å². The molecule has 3 aromatic rings. The summed E-state index contributed by atoms with van der Waals surface area (Å²) >= 11 is 2.72. The van der Waals surface area contributed by atoms with Crippen LogP contribution in [-0.4, -0.2) is 27.3 Å². The highest BCUT2D eigenvalue weighted by Crippen LogP contribution is 2.35. The van der Waals surface area contributed by atoms with Crippen molar-refractivity contribution in [1.29, 1.82) is 0 Å². The van der Waals surface area contributed by atoms with Gasteiger partial charge in [0.15, 0.2) is 5.16 Å². The van der Waals surface area contributed by atoms with E-state index in [1.807, 2.05) is 30.3 Å². The summed E-state index contributed by atoms with van der Waals surface area (Å²) in [6.07, 6.45) is 0.828. The van der Waals surface area contributed by atoms with E-state index in [1.165, 1.54) is 23.1 Å². The number of thiophene rings is 1. The van der Waals surface area contributed by atoms with Crippen LogP contribution in [0.2, 0.25) is 0 Å². The van der Waals surface area contributed by atoms with Gasteiger partial charge in [0.2, 0.25) is 5.91 Å². The third kappa shape index (κ3) is 4.10. The first-order chi connectivity index (χ1) is 13.9. The molecule has 0 saturated heterocycles. The molecule has 0 spiro atoms. The predicted molar refractivity (Wildman–Crippen MR) is 116 cm³/mol. The van der Waals surface area contributed by atoms with Crippen molar-refractivity contribution in [2.24, 2.45) is 11.7 Å². The Labute approximate surface area is 177 Å². The fourth-order valence-corrected chi connectivity index (χ4v) is 5.42. The number of amides is 1. The van der Waals surface area contributed by atoms with E-state index < -0.39 is 5.91 Å². The number of nitrogens with zero attached hydrogens (tertiary/aromatic N) is 2. The van der Waals surface area contributed by atoms with Gasteiger partial charge in [0, 0.05) is 11.3 Å². The van der Waals surface area contributed by atoms with Gasteiger partial charge >= 0.3 is 0 Å². The van der Waals surface area contributed by atoms with Crippen LogP contribution in [0.3, 0.4) is 0 Å². The lowest BCUT2D eigenvalue weighted by Crippen LogP contribution is -2.29. The summed E-state index contributed by atoms with van der Waals surface area (Å²) in [6, 6.07) is 9.78. The molecule has 1 unspecified atom stereocenters. The average Bonchev–Trinajstić information content (AvgIpc) is 3.07. The number of carbonyl (C=O) groups excluding carboxylic acids is 1. The van der Waals surface area contributed by atoms with E-state index in [0.29, 0.717) is 34.4 Å². The van der Waals surface area contributed by atoms with Crippen molar-refractivity contribution in [2.45, 2.75) is 44.7 Å². The molecule has 3 heterocycles. The van der Waals surface area contributed by atoms with Gasteiger partial charge in [0.25, 0.3) is 5.56 Å². The van der Waals surface area contributed by atoms with Gasteiger partial charge in [-0.25, -0.2) is 4.98 Å². The van der Waals surface area contributed by atoms with Crippen molar-refractivity contribution < 1.29 is 9.53 Å². The Bertz CT molecular complexity index is 1110. The Morgan fingerprint density at radius 2 is 2.14 bits per heavy atom. The summed E-state index contributed by atoms with van der Waals surface area (Å²) in [7, 11) is 0. The van der Waals surface area contributed by atoms with E-state index in [4.69, 9.17) is 15.5 Å². The number of carbonyl (C=O) groups is 1. The molecule has 0 bridgehead atoms. The highest BCUT2D eigenvalue weighted by Gasteiger charge is 2.28. The second kappa shape index (κ2) is 8.30. The first kappa shape index (κ1) is 20.1. The molecular formula is C21H23N3O3S2. The molecule has 29 heavy (non-hydrogen) atoms. The Kier molecular flexibility index (Phi) is 5.76. The van der Waals surface area contributed by atoms with Gasteiger partial charge in [-0.2, -0.15) is 0 Å². The van der Waals surface area contributed by atoms with E-state index in [1.54, 1.807) is 4.57 Å². The zero-order valence-electron chi connectivity index (χ0n) is 16.4. The van der Waals surface area contributed by atoms with Crippen molar-refractivity contribution in [3.63, 3.8) is 0 Å². The molecule has 0 radical (unpaired) electrons. The number of benzene rings is 1. The number of hydrogen-bond donors (Lipinski definition) is 1. The molecule has 1 atom stereocenters. The van der Waals surface area contributed by atoms with E-state index in [-0.39, 0.29) is 17.4 Å². The number of fused-ring (bicyclic) bond motifs is 3. The van der Waals surface area contributed by atoms with Crippen LogP contribution in [-0.2, 0) is 29.1 Å². The Morgan fingerprint density at radius 1 is 1.38 bits per heavy atom. The molecule has 6 nitrogen and oxygen atoms in total. The first-order valence-corrected chi connectivity index (χ1v) is 11.4. The van der Waals surface area contributed by atoms with Crippen molar-refractivity contribution >= 4 is 39.2 Å². The molecule has 0 fully saturated rings. The first-order valence-electron chi connectivity index (χ1n) is 9.55.